The maximum absolute atomic E-state index is 12.4. The lowest BCUT2D eigenvalue weighted by molar-refractivity contribution is -0.159. The molecule has 1 aliphatic rings. The number of esters is 1. The monoisotopic (exact) mass is 369 g/mol. The quantitative estimate of drug-likeness (QED) is 0.466. The van der Waals surface area contributed by atoms with Crippen LogP contribution in [0, 0.1) is 5.41 Å². The fourth-order valence-corrected chi connectivity index (χ4v) is 3.81. The van der Waals surface area contributed by atoms with Gasteiger partial charge in [0.25, 0.3) is 0 Å². The van der Waals surface area contributed by atoms with Gasteiger partial charge in [-0.1, -0.05) is 32.1 Å². The molecule has 0 aromatic carbocycles. The zero-order chi connectivity index (χ0) is 19.6. The maximum Gasteiger partial charge on any atom is 0.306 e. The highest BCUT2D eigenvalue weighted by Gasteiger charge is 2.37. The minimum atomic E-state index is -0.453. The van der Waals surface area contributed by atoms with Crippen molar-refractivity contribution in [3.63, 3.8) is 0 Å². The van der Waals surface area contributed by atoms with E-state index in [-0.39, 0.29) is 23.9 Å². The number of carbonyl (C=O) groups excluding carboxylic acids is 2. The molecule has 1 N–H and O–H groups in total. The van der Waals surface area contributed by atoms with Crippen LogP contribution < -0.4 is 0 Å². The lowest BCUT2D eigenvalue weighted by Crippen LogP contribution is -2.43. The molecular formula is C21H39NO4. The first-order valence-electron chi connectivity index (χ1n) is 10.3. The molecule has 0 bridgehead atoms. The summed E-state index contributed by atoms with van der Waals surface area (Å²) >= 11 is 0. The molecule has 1 rings (SSSR count). The van der Waals surface area contributed by atoms with Gasteiger partial charge in [-0.05, 0) is 51.9 Å². The van der Waals surface area contributed by atoms with E-state index in [0.717, 1.165) is 64.5 Å². The molecular weight excluding hydrogens is 330 g/mol. The smallest absolute Gasteiger partial charge is 0.306 e. The number of ether oxygens (including phenoxy) is 1. The standard InChI is InChI=1S/C21H39NO4/c1-18(24)22-14-12-21(13-15-22,17-19(25)26-20(2,3)4)11-9-7-5-6-8-10-16-23/h23H,5-17H2,1-4H3. The van der Waals surface area contributed by atoms with Crippen LogP contribution in [-0.2, 0) is 14.3 Å². The Morgan fingerprint density at radius 1 is 1.00 bits per heavy atom. The van der Waals surface area contributed by atoms with Gasteiger partial charge in [-0.2, -0.15) is 0 Å². The summed E-state index contributed by atoms with van der Waals surface area (Å²) in [7, 11) is 0. The van der Waals surface area contributed by atoms with E-state index in [4.69, 9.17) is 9.84 Å². The fraction of sp³-hybridized carbons (Fsp3) is 0.905. The summed E-state index contributed by atoms with van der Waals surface area (Å²) in [5, 5.41) is 8.83. The number of likely N-dealkylation sites (tertiary alicyclic amines) is 1. The molecule has 152 valence electrons. The van der Waals surface area contributed by atoms with E-state index in [9.17, 15) is 9.59 Å². The van der Waals surface area contributed by atoms with Crippen LogP contribution in [0.25, 0.3) is 0 Å². The molecule has 1 aliphatic heterocycles. The molecule has 1 amide bonds. The highest BCUT2D eigenvalue weighted by molar-refractivity contribution is 5.73. The highest BCUT2D eigenvalue weighted by atomic mass is 16.6. The molecule has 1 heterocycles. The molecule has 0 aliphatic carbocycles. The summed E-state index contributed by atoms with van der Waals surface area (Å²) in [6.45, 7) is 9.11. The lowest BCUT2D eigenvalue weighted by Gasteiger charge is -2.41. The van der Waals surface area contributed by atoms with Crippen molar-refractivity contribution in [2.75, 3.05) is 19.7 Å². The van der Waals surface area contributed by atoms with Crippen molar-refractivity contribution < 1.29 is 19.4 Å². The zero-order valence-electron chi connectivity index (χ0n) is 17.3. The second kappa shape index (κ2) is 10.9. The van der Waals surface area contributed by atoms with Gasteiger partial charge in [-0.15, -0.1) is 0 Å². The van der Waals surface area contributed by atoms with Crippen LogP contribution in [0.4, 0.5) is 0 Å². The van der Waals surface area contributed by atoms with Crippen LogP contribution in [0.3, 0.4) is 0 Å². The topological polar surface area (TPSA) is 66.8 Å². The third-order valence-corrected chi connectivity index (χ3v) is 5.32. The molecule has 5 nitrogen and oxygen atoms in total. The van der Waals surface area contributed by atoms with Gasteiger partial charge in [0.2, 0.25) is 5.91 Å². The fourth-order valence-electron chi connectivity index (χ4n) is 3.81. The Hall–Kier alpha value is -1.10. The second-order valence-electron chi connectivity index (χ2n) is 8.86. The Labute approximate surface area is 159 Å². The van der Waals surface area contributed by atoms with Gasteiger partial charge in [-0.25, -0.2) is 0 Å². The summed E-state index contributed by atoms with van der Waals surface area (Å²) in [6.07, 6.45) is 9.86. The first-order chi connectivity index (χ1) is 12.2. The summed E-state index contributed by atoms with van der Waals surface area (Å²) < 4.78 is 5.57. The van der Waals surface area contributed by atoms with Gasteiger partial charge in [0.1, 0.15) is 5.60 Å². The number of hydrogen-bond donors (Lipinski definition) is 1. The third kappa shape index (κ3) is 9.02. The number of rotatable bonds is 10. The molecule has 0 aromatic rings. The van der Waals surface area contributed by atoms with Crippen LogP contribution >= 0.6 is 0 Å². The van der Waals surface area contributed by atoms with E-state index in [1.165, 1.54) is 6.42 Å². The second-order valence-corrected chi connectivity index (χ2v) is 8.86. The molecule has 5 heteroatoms. The van der Waals surface area contributed by atoms with Crippen LogP contribution in [-0.4, -0.2) is 47.2 Å². The minimum Gasteiger partial charge on any atom is -0.460 e. The first-order valence-corrected chi connectivity index (χ1v) is 10.3. The number of hydrogen-bond acceptors (Lipinski definition) is 4. The van der Waals surface area contributed by atoms with Crippen molar-refractivity contribution in [2.24, 2.45) is 5.41 Å². The highest BCUT2D eigenvalue weighted by Crippen LogP contribution is 2.40. The lowest BCUT2D eigenvalue weighted by atomic mass is 9.72. The molecule has 0 radical (unpaired) electrons. The molecule has 0 unspecified atom stereocenters. The van der Waals surface area contributed by atoms with Crippen LogP contribution in [0.2, 0.25) is 0 Å². The average molecular weight is 370 g/mol. The number of nitrogens with zero attached hydrogens (tertiary/aromatic N) is 1. The van der Waals surface area contributed by atoms with Crippen molar-refractivity contribution in [1.82, 2.24) is 4.90 Å². The average Bonchev–Trinajstić information content (AvgIpc) is 2.52. The van der Waals surface area contributed by atoms with Crippen molar-refractivity contribution in [1.29, 1.82) is 0 Å². The number of aliphatic hydroxyl groups is 1. The Morgan fingerprint density at radius 2 is 1.54 bits per heavy atom. The van der Waals surface area contributed by atoms with Crippen molar-refractivity contribution >= 4 is 11.9 Å². The number of piperidine rings is 1. The SMILES string of the molecule is CC(=O)N1CCC(CCCCCCCCO)(CC(=O)OC(C)(C)C)CC1. The predicted molar refractivity (Wildman–Crippen MR) is 104 cm³/mol. The Balaban J connectivity index is 2.54. The van der Waals surface area contributed by atoms with Gasteiger partial charge >= 0.3 is 5.97 Å². The van der Waals surface area contributed by atoms with Crippen LogP contribution in [0.15, 0.2) is 0 Å². The Bertz CT molecular complexity index is 434. The number of aliphatic hydroxyl groups excluding tert-OH is 1. The van der Waals surface area contributed by atoms with E-state index in [1.807, 2.05) is 25.7 Å². The van der Waals surface area contributed by atoms with E-state index in [0.29, 0.717) is 6.42 Å². The molecule has 26 heavy (non-hydrogen) atoms. The van der Waals surface area contributed by atoms with Crippen LogP contribution in [0.5, 0.6) is 0 Å². The first kappa shape index (κ1) is 22.9. The summed E-state index contributed by atoms with van der Waals surface area (Å²) in [6, 6.07) is 0. The molecule has 1 saturated heterocycles. The van der Waals surface area contributed by atoms with Crippen LogP contribution in [0.1, 0.15) is 91.9 Å². The normalized spacial score (nSPS) is 17.2. The van der Waals surface area contributed by atoms with Gasteiger partial charge in [0, 0.05) is 26.6 Å². The molecule has 0 atom stereocenters. The van der Waals surface area contributed by atoms with Crippen molar-refractivity contribution in [3.05, 3.63) is 0 Å². The van der Waals surface area contributed by atoms with Crippen molar-refractivity contribution in [3.8, 4) is 0 Å². The predicted octanol–water partition coefficient (Wildman–Crippen LogP) is 4.07. The van der Waals surface area contributed by atoms with E-state index >= 15 is 0 Å². The van der Waals surface area contributed by atoms with Gasteiger partial charge < -0.3 is 14.7 Å². The minimum absolute atomic E-state index is 0.0284. The molecule has 0 saturated carbocycles. The van der Waals surface area contributed by atoms with E-state index in [1.54, 1.807) is 6.92 Å². The third-order valence-electron chi connectivity index (χ3n) is 5.32. The molecule has 0 spiro atoms. The van der Waals surface area contributed by atoms with Gasteiger partial charge in [-0.3, -0.25) is 9.59 Å². The van der Waals surface area contributed by atoms with Crippen molar-refractivity contribution in [2.45, 2.75) is 97.5 Å². The summed E-state index contributed by atoms with van der Waals surface area (Å²) in [5.74, 6) is 0.0106. The number of unbranched alkanes of at least 4 members (excludes halogenated alkanes) is 5. The van der Waals surface area contributed by atoms with Gasteiger partial charge in [0.05, 0.1) is 6.42 Å². The van der Waals surface area contributed by atoms with Gasteiger partial charge in [0.15, 0.2) is 0 Å². The molecule has 1 fully saturated rings. The Kier molecular flexibility index (Phi) is 9.62. The molecule has 0 aromatic heterocycles. The summed E-state index contributed by atoms with van der Waals surface area (Å²) in [5.41, 5.74) is -0.482. The maximum atomic E-state index is 12.4. The summed E-state index contributed by atoms with van der Waals surface area (Å²) in [4.78, 5) is 25.9. The zero-order valence-corrected chi connectivity index (χ0v) is 17.3. The Morgan fingerprint density at radius 3 is 2.04 bits per heavy atom. The largest absolute Gasteiger partial charge is 0.460 e. The number of carbonyl (C=O) groups is 2. The van der Waals surface area contributed by atoms with E-state index < -0.39 is 5.60 Å². The van der Waals surface area contributed by atoms with E-state index in [2.05, 4.69) is 0 Å². The number of amides is 1.